The third-order valence-electron chi connectivity index (χ3n) is 6.06. The maximum absolute atomic E-state index is 15.3. The topological polar surface area (TPSA) is 128 Å². The molecule has 51 heavy (non-hydrogen) atoms. The number of rotatable bonds is 9. The summed E-state index contributed by atoms with van der Waals surface area (Å²) >= 11 is 0. The van der Waals surface area contributed by atoms with Crippen molar-refractivity contribution in [1.29, 1.82) is 0 Å². The van der Waals surface area contributed by atoms with Gasteiger partial charge in [0.1, 0.15) is 30.6 Å². The van der Waals surface area contributed by atoms with Crippen LogP contribution in [-0.2, 0) is 14.3 Å². The van der Waals surface area contributed by atoms with Gasteiger partial charge in [-0.05, 0) is 126 Å². The van der Waals surface area contributed by atoms with Crippen LogP contribution in [0.5, 0.6) is 0 Å². The van der Waals surface area contributed by atoms with Crippen LogP contribution in [0.15, 0.2) is 0 Å². The maximum atomic E-state index is 15.3. The Hall–Kier alpha value is -6.12. The summed E-state index contributed by atoms with van der Waals surface area (Å²) in [6.07, 6.45) is -7.81. The minimum Gasteiger partial charge on any atom is -0.394 e. The third-order valence-corrected chi connectivity index (χ3v) is 6.06. The first-order chi connectivity index (χ1) is 24.5. The molecule has 1 amide bonds. The Kier molecular flexibility index (Phi) is 21.7. The van der Waals surface area contributed by atoms with E-state index in [1.54, 1.807) is 6.92 Å². The number of aliphatic hydroxyl groups is 4. The summed E-state index contributed by atoms with van der Waals surface area (Å²) < 4.78 is 26.0. The molecule has 256 valence electrons. The van der Waals surface area contributed by atoms with E-state index in [0.29, 0.717) is 6.42 Å². The first kappa shape index (κ1) is 42.9. The second kappa shape index (κ2) is 25.8. The number of halogens is 1. The fourth-order valence-electron chi connectivity index (χ4n) is 3.65. The highest BCUT2D eigenvalue weighted by Gasteiger charge is 2.44. The van der Waals surface area contributed by atoms with Crippen LogP contribution in [0.25, 0.3) is 0 Å². The number of aliphatic hydroxyl groups excluding tert-OH is 4. The SMILES string of the molecule is CC#CC#CC#CC#CC#CC#CC#CC#CC#CC#CC#CC#CC(=O)N[C@@H](CO[C@@H]1OC(CO)[C@H](O)[C@H](O)C1O)[C@H](F)CCCC(C)(C)C. The second-order valence-electron chi connectivity index (χ2n) is 11.2. The normalized spacial score (nSPS) is 18.5. The molecule has 9 heteroatoms. The molecule has 0 bridgehead atoms. The molecule has 0 spiro atoms. The Morgan fingerprint density at radius 1 is 0.725 bits per heavy atom. The number of amides is 1. The van der Waals surface area contributed by atoms with E-state index in [2.05, 4.69) is 147 Å². The van der Waals surface area contributed by atoms with E-state index >= 15 is 4.39 Å². The Bertz CT molecular complexity index is 2010. The van der Waals surface area contributed by atoms with Crippen molar-refractivity contribution in [2.75, 3.05) is 13.2 Å². The maximum Gasteiger partial charge on any atom is 0.297 e. The van der Waals surface area contributed by atoms with Crippen LogP contribution in [0, 0.1) is 148 Å². The zero-order valence-electron chi connectivity index (χ0n) is 28.5. The highest BCUT2D eigenvalue weighted by Crippen LogP contribution is 2.25. The van der Waals surface area contributed by atoms with Gasteiger partial charge < -0.3 is 35.2 Å². The van der Waals surface area contributed by atoms with Crippen molar-refractivity contribution in [2.45, 2.75) is 89.9 Å². The fraction of sp³-hybridized carbons (Fsp3) is 0.405. The van der Waals surface area contributed by atoms with Crippen molar-refractivity contribution in [3.8, 4) is 142 Å². The van der Waals surface area contributed by atoms with Gasteiger partial charge in [0.15, 0.2) is 6.29 Å². The molecule has 0 aliphatic carbocycles. The third kappa shape index (κ3) is 20.8. The Balaban J connectivity index is 2.73. The van der Waals surface area contributed by atoms with Crippen LogP contribution in [-0.4, -0.2) is 82.5 Å². The smallest absolute Gasteiger partial charge is 0.297 e. The lowest BCUT2D eigenvalue weighted by atomic mass is 9.89. The molecular formula is C42H34FNO7. The van der Waals surface area contributed by atoms with Gasteiger partial charge in [-0.1, -0.05) is 26.7 Å². The molecule has 1 saturated heterocycles. The molecule has 1 heterocycles. The predicted octanol–water partition coefficient (Wildman–Crippen LogP) is -0.0971. The zero-order valence-corrected chi connectivity index (χ0v) is 28.5. The van der Waals surface area contributed by atoms with Gasteiger partial charge in [-0.3, -0.25) is 4.79 Å². The monoisotopic (exact) mass is 683 g/mol. The lowest BCUT2D eigenvalue weighted by Crippen LogP contribution is -2.59. The van der Waals surface area contributed by atoms with Crippen molar-refractivity contribution in [3.05, 3.63) is 0 Å². The number of carbonyl (C=O) groups excluding carboxylic acids is 1. The van der Waals surface area contributed by atoms with E-state index in [1.807, 2.05) is 20.8 Å². The van der Waals surface area contributed by atoms with E-state index in [9.17, 15) is 25.2 Å². The van der Waals surface area contributed by atoms with E-state index in [-0.39, 0.29) is 11.8 Å². The standard InChI is InChI=1S/C42H34FNO7/c1-5-6-7-8-9-10-11-12-13-14-15-16-17-18-19-20-21-22-23-24-25-26-27-30-37(46)44-35(34(43)29-28-31-42(2,3)4)33-50-41-40(49)39(48)38(47)36(32-45)51-41/h34-36,38-41,45,47-49H,28-29,31-33H2,1-4H3,(H,44,46)/t34-,35+,36?,38+,39+,40?,41-/m1/s1. The molecule has 1 fully saturated rings. The van der Waals surface area contributed by atoms with Crippen molar-refractivity contribution in [1.82, 2.24) is 5.32 Å². The van der Waals surface area contributed by atoms with Gasteiger partial charge >= 0.3 is 0 Å². The average Bonchev–Trinajstić information content (AvgIpc) is 3.09. The molecule has 1 aliphatic heterocycles. The largest absolute Gasteiger partial charge is 0.394 e. The minimum atomic E-state index is -1.68. The van der Waals surface area contributed by atoms with Gasteiger partial charge in [0.2, 0.25) is 0 Å². The number of hydrogen-bond acceptors (Lipinski definition) is 7. The predicted molar refractivity (Wildman–Crippen MR) is 189 cm³/mol. The molecular weight excluding hydrogens is 649 g/mol. The molecule has 8 nitrogen and oxygen atoms in total. The van der Waals surface area contributed by atoms with Gasteiger partial charge in [-0.15, -0.1) is 0 Å². The highest BCUT2D eigenvalue weighted by molar-refractivity contribution is 5.94. The lowest BCUT2D eigenvalue weighted by Gasteiger charge is -2.40. The summed E-state index contributed by atoms with van der Waals surface area (Å²) in [5, 5.41) is 42.0. The van der Waals surface area contributed by atoms with Crippen LogP contribution >= 0.6 is 0 Å². The van der Waals surface area contributed by atoms with Crippen LogP contribution in [0.4, 0.5) is 4.39 Å². The summed E-state index contributed by atoms with van der Waals surface area (Å²) in [7, 11) is 0. The molecule has 0 aromatic heterocycles. The quantitative estimate of drug-likeness (QED) is 0.215. The van der Waals surface area contributed by atoms with Crippen molar-refractivity contribution in [2.24, 2.45) is 5.41 Å². The second-order valence-corrected chi connectivity index (χ2v) is 11.2. The number of ether oxygens (including phenoxy) is 2. The van der Waals surface area contributed by atoms with Crippen molar-refractivity contribution in [3.63, 3.8) is 0 Å². The van der Waals surface area contributed by atoms with Crippen molar-refractivity contribution >= 4 is 5.91 Å². The van der Waals surface area contributed by atoms with E-state index in [1.165, 1.54) is 0 Å². The first-order valence-electron chi connectivity index (χ1n) is 15.3. The molecule has 0 saturated carbocycles. The first-order valence-corrected chi connectivity index (χ1v) is 15.3. The highest BCUT2D eigenvalue weighted by atomic mass is 19.1. The van der Waals surface area contributed by atoms with Gasteiger partial charge in [0.25, 0.3) is 5.91 Å². The van der Waals surface area contributed by atoms with E-state index in [4.69, 9.17) is 9.47 Å². The van der Waals surface area contributed by atoms with Gasteiger partial charge in [0.05, 0.1) is 19.3 Å². The molecule has 2 unspecified atom stereocenters. The van der Waals surface area contributed by atoms with Crippen molar-refractivity contribution < 1.29 is 39.1 Å². The number of carbonyl (C=O) groups is 1. The molecule has 7 atom stereocenters. The average molecular weight is 684 g/mol. The number of nitrogens with one attached hydrogen (secondary N) is 1. The van der Waals surface area contributed by atoms with Crippen LogP contribution in [0.3, 0.4) is 0 Å². The molecule has 0 radical (unpaired) electrons. The van der Waals surface area contributed by atoms with Crippen LogP contribution in [0.1, 0.15) is 47.0 Å². The Labute approximate surface area is 300 Å². The number of hydrogen-bond donors (Lipinski definition) is 5. The zero-order chi connectivity index (χ0) is 37.7. The summed E-state index contributed by atoms with van der Waals surface area (Å²) in [5.74, 6) is 58.2. The number of alkyl halides is 1. The summed E-state index contributed by atoms with van der Waals surface area (Å²) in [4.78, 5) is 12.4. The van der Waals surface area contributed by atoms with Crippen LogP contribution < -0.4 is 5.32 Å². The Morgan fingerprint density at radius 2 is 1.16 bits per heavy atom. The van der Waals surface area contributed by atoms with E-state index in [0.717, 1.165) is 6.42 Å². The molecule has 1 aliphatic rings. The fourth-order valence-corrected chi connectivity index (χ4v) is 3.65. The van der Waals surface area contributed by atoms with Gasteiger partial charge in [-0.2, -0.15) is 0 Å². The summed E-state index contributed by atoms with van der Waals surface area (Å²) in [6.45, 7) is 6.64. The molecule has 0 aromatic rings. The summed E-state index contributed by atoms with van der Waals surface area (Å²) in [6, 6.07) is -1.20. The minimum absolute atomic E-state index is 0.0204. The van der Waals surface area contributed by atoms with Gasteiger partial charge in [0, 0.05) is 41.4 Å². The van der Waals surface area contributed by atoms with Gasteiger partial charge in [-0.25, -0.2) is 4.39 Å². The molecule has 1 rings (SSSR count). The van der Waals surface area contributed by atoms with Crippen LogP contribution in [0.2, 0.25) is 0 Å². The molecule has 0 aromatic carbocycles. The molecule has 5 N–H and O–H groups in total. The summed E-state index contributed by atoms with van der Waals surface area (Å²) in [5.41, 5.74) is -0.0204. The van der Waals surface area contributed by atoms with E-state index < -0.39 is 62.0 Å². The lowest BCUT2D eigenvalue weighted by molar-refractivity contribution is -0.302. The Morgan fingerprint density at radius 3 is 1.57 bits per heavy atom.